The van der Waals surface area contributed by atoms with Crippen molar-refractivity contribution in [1.82, 2.24) is 5.16 Å². The lowest BCUT2D eigenvalue weighted by molar-refractivity contribution is 0.101. The number of ketones is 1. The van der Waals surface area contributed by atoms with E-state index in [4.69, 9.17) is 16.9 Å². The molecular formula is C20H21N3O5S2. The lowest BCUT2D eigenvalue weighted by Crippen LogP contribution is -2.20. The van der Waals surface area contributed by atoms with Crippen LogP contribution < -0.4 is 10.0 Å². The number of hydrogen-bond donors (Lipinski definition) is 2. The van der Waals surface area contributed by atoms with Crippen LogP contribution in [0, 0.1) is 27.6 Å². The molecule has 3 aromatic rings. The third-order valence-electron chi connectivity index (χ3n) is 4.01. The van der Waals surface area contributed by atoms with Crippen molar-refractivity contribution in [2.45, 2.75) is 39.3 Å². The molecule has 0 unspecified atom stereocenters. The lowest BCUT2D eigenvalue weighted by Gasteiger charge is -2.14. The Bertz CT molecular complexity index is 1550. The first kappa shape index (κ1) is 12.7. The van der Waals surface area contributed by atoms with Gasteiger partial charge in [0.2, 0.25) is 5.88 Å². The Kier molecular flexibility index (Phi) is 3.39. The number of rotatable bonds is 6. The van der Waals surface area contributed by atoms with Crippen molar-refractivity contribution < 1.29 is 34.9 Å². The Balaban J connectivity index is 2.02. The Morgan fingerprint density at radius 1 is 1.23 bits per heavy atom. The van der Waals surface area contributed by atoms with E-state index in [0.717, 1.165) is 6.07 Å². The van der Waals surface area contributed by atoms with Crippen molar-refractivity contribution in [3.8, 4) is 0 Å². The highest BCUT2D eigenvalue weighted by Crippen LogP contribution is 2.29. The SMILES string of the molecule is [2H]C([2H])([2H])C(=O)c1cc(C)cc(C)c1NC(=O)c1sccc1S(=O)(=O)Nc1onc(C([2H])([2H])[2H])c1C([2H])([2H])[2H]. The number of aromatic nitrogens is 1. The van der Waals surface area contributed by atoms with E-state index in [1.165, 1.54) is 18.4 Å². The van der Waals surface area contributed by atoms with Crippen molar-refractivity contribution in [3.63, 3.8) is 0 Å². The molecule has 2 heterocycles. The molecule has 0 radical (unpaired) electrons. The maximum atomic E-state index is 13.2. The summed E-state index contributed by atoms with van der Waals surface area (Å²) in [6.07, 6.45) is 0. The lowest BCUT2D eigenvalue weighted by atomic mass is 10.0. The summed E-state index contributed by atoms with van der Waals surface area (Å²) in [6.45, 7) is -6.01. The van der Waals surface area contributed by atoms with Crippen molar-refractivity contribution >= 4 is 44.6 Å². The number of nitrogens with one attached hydrogen (secondary N) is 2. The average molecular weight is 457 g/mol. The molecule has 0 fully saturated rings. The molecule has 1 amide bonds. The number of hydrogen-bond acceptors (Lipinski definition) is 7. The highest BCUT2D eigenvalue weighted by Gasteiger charge is 2.27. The second kappa shape index (κ2) is 8.04. The number of carbonyl (C=O) groups excluding carboxylic acids is 2. The Morgan fingerprint density at radius 2 is 2.03 bits per heavy atom. The summed E-state index contributed by atoms with van der Waals surface area (Å²) in [5, 5.41) is 6.87. The largest absolute Gasteiger partial charge is 0.337 e. The fraction of sp³-hybridized carbons (Fsp3) is 0.250. The molecule has 1 aromatic carbocycles. The Hall–Kier alpha value is -2.98. The molecule has 0 atom stereocenters. The molecule has 3 rings (SSSR count). The summed E-state index contributed by atoms with van der Waals surface area (Å²) < 4.78 is 101. The quantitative estimate of drug-likeness (QED) is 0.536. The van der Waals surface area contributed by atoms with Gasteiger partial charge in [-0.1, -0.05) is 11.2 Å². The standard InChI is InChI=1S/C20H21N3O5S2/c1-10-8-11(2)17(15(9-10)14(5)24)21-19(25)18-16(6-7-29-18)30(26,27)23-20-12(3)13(4)22-28-20/h6-9,23H,1-5H3,(H,21,25)/i3D3,4D3,5D3. The smallest absolute Gasteiger partial charge is 0.267 e. The fourth-order valence-electron chi connectivity index (χ4n) is 2.69. The Labute approximate surface area is 191 Å². The number of carbonyl (C=O) groups is 2. The third kappa shape index (κ3) is 4.14. The van der Waals surface area contributed by atoms with Crippen LogP contribution in [0.2, 0.25) is 0 Å². The number of amides is 1. The van der Waals surface area contributed by atoms with E-state index in [-0.39, 0.29) is 11.3 Å². The molecule has 0 spiro atoms. The van der Waals surface area contributed by atoms with Crippen LogP contribution in [0.4, 0.5) is 11.6 Å². The van der Waals surface area contributed by atoms with Gasteiger partial charge in [0.15, 0.2) is 5.78 Å². The van der Waals surface area contributed by atoms with Gasteiger partial charge < -0.3 is 9.84 Å². The predicted molar refractivity (Wildman–Crippen MR) is 115 cm³/mol. The van der Waals surface area contributed by atoms with Gasteiger partial charge >= 0.3 is 0 Å². The summed E-state index contributed by atoms with van der Waals surface area (Å²) in [6, 6.07) is 3.91. The van der Waals surface area contributed by atoms with Gasteiger partial charge in [0, 0.05) is 23.5 Å². The van der Waals surface area contributed by atoms with Crippen LogP contribution in [0.3, 0.4) is 0 Å². The van der Waals surface area contributed by atoms with Crippen molar-refractivity contribution in [1.29, 1.82) is 0 Å². The zero-order chi connectivity index (χ0) is 29.7. The van der Waals surface area contributed by atoms with E-state index in [9.17, 15) is 18.0 Å². The molecule has 0 aliphatic heterocycles. The van der Waals surface area contributed by atoms with Gasteiger partial charge in [-0.05, 0) is 63.0 Å². The summed E-state index contributed by atoms with van der Waals surface area (Å²) in [7, 11) is -4.74. The maximum Gasteiger partial charge on any atom is 0.267 e. The first-order chi connectivity index (χ1) is 17.6. The van der Waals surface area contributed by atoms with Crippen LogP contribution in [0.25, 0.3) is 0 Å². The number of nitrogens with zero attached hydrogens (tertiary/aromatic N) is 1. The summed E-state index contributed by atoms with van der Waals surface area (Å²) >= 11 is 0.688. The summed E-state index contributed by atoms with van der Waals surface area (Å²) in [4.78, 5) is 24.7. The molecule has 10 heteroatoms. The van der Waals surface area contributed by atoms with Gasteiger partial charge in [0.05, 0.1) is 11.4 Å². The molecule has 158 valence electrons. The van der Waals surface area contributed by atoms with Crippen molar-refractivity contribution in [2.24, 2.45) is 0 Å². The second-order valence-corrected chi connectivity index (χ2v) is 8.81. The van der Waals surface area contributed by atoms with Gasteiger partial charge in [-0.3, -0.25) is 9.59 Å². The number of thiophene rings is 1. The molecule has 0 saturated heterocycles. The minimum atomic E-state index is -4.74. The number of aryl methyl sites for hydroxylation is 3. The van der Waals surface area contributed by atoms with Crippen LogP contribution in [0.1, 0.15) is 61.6 Å². The van der Waals surface area contributed by atoms with E-state index in [0.29, 0.717) is 22.5 Å². The highest BCUT2D eigenvalue weighted by molar-refractivity contribution is 7.93. The van der Waals surface area contributed by atoms with E-state index >= 15 is 0 Å². The summed E-state index contributed by atoms with van der Waals surface area (Å²) in [5.74, 6) is -3.19. The van der Waals surface area contributed by atoms with Crippen LogP contribution in [-0.4, -0.2) is 25.3 Å². The zero-order valence-electron chi connectivity index (χ0n) is 24.6. The van der Waals surface area contributed by atoms with E-state index < -0.39 is 69.2 Å². The molecule has 30 heavy (non-hydrogen) atoms. The summed E-state index contributed by atoms with van der Waals surface area (Å²) in [5.41, 5.74) is -1.44. The third-order valence-corrected chi connectivity index (χ3v) is 6.42. The van der Waals surface area contributed by atoms with Crippen molar-refractivity contribution in [3.05, 3.63) is 56.4 Å². The maximum absolute atomic E-state index is 13.2. The molecular weight excluding hydrogens is 426 g/mol. The Morgan fingerprint density at radius 3 is 2.73 bits per heavy atom. The number of Topliss-reactive ketones (excluding diaryl/α,β-unsaturated/α-hetero) is 1. The molecule has 2 N–H and O–H groups in total. The van der Waals surface area contributed by atoms with Gasteiger partial charge in [-0.25, -0.2) is 13.1 Å². The monoisotopic (exact) mass is 456 g/mol. The fourth-order valence-corrected chi connectivity index (χ4v) is 5.01. The van der Waals surface area contributed by atoms with Crippen molar-refractivity contribution in [2.75, 3.05) is 10.0 Å². The van der Waals surface area contributed by atoms with Gasteiger partial charge in [0.1, 0.15) is 9.77 Å². The minimum absolute atomic E-state index is 0.126. The van der Waals surface area contributed by atoms with Gasteiger partial charge in [-0.2, -0.15) is 0 Å². The second-order valence-electron chi connectivity index (χ2n) is 6.24. The molecule has 0 aliphatic carbocycles. The average Bonchev–Trinajstić information content (AvgIpc) is 3.41. The van der Waals surface area contributed by atoms with Crippen LogP contribution in [0.5, 0.6) is 0 Å². The number of anilines is 2. The zero-order valence-corrected chi connectivity index (χ0v) is 17.2. The molecule has 0 aliphatic rings. The van der Waals surface area contributed by atoms with Gasteiger partial charge in [0.25, 0.3) is 15.9 Å². The molecule has 2 aromatic heterocycles. The van der Waals surface area contributed by atoms with E-state index in [1.54, 1.807) is 13.0 Å². The van der Waals surface area contributed by atoms with E-state index in [2.05, 4.69) is 10.5 Å². The first-order valence-electron chi connectivity index (χ1n) is 12.7. The topological polar surface area (TPSA) is 118 Å². The predicted octanol–water partition coefficient (Wildman–Crippen LogP) is 4.23. The van der Waals surface area contributed by atoms with Crippen LogP contribution >= 0.6 is 11.3 Å². The van der Waals surface area contributed by atoms with Gasteiger partial charge in [-0.15, -0.1) is 11.3 Å². The van der Waals surface area contributed by atoms with Crippen LogP contribution in [0.15, 0.2) is 33.0 Å². The van der Waals surface area contributed by atoms with Crippen LogP contribution in [-0.2, 0) is 10.0 Å². The number of benzene rings is 1. The highest BCUT2D eigenvalue weighted by atomic mass is 32.2. The number of sulfonamides is 1. The molecule has 0 saturated carbocycles. The molecule has 8 nitrogen and oxygen atoms in total. The normalized spacial score (nSPS) is 17.1. The first-order valence-corrected chi connectivity index (χ1v) is 10.6. The van der Waals surface area contributed by atoms with E-state index in [1.807, 2.05) is 4.72 Å². The molecule has 0 bridgehead atoms. The minimum Gasteiger partial charge on any atom is -0.337 e.